The first-order valence-electron chi connectivity index (χ1n) is 7.37. The predicted octanol–water partition coefficient (Wildman–Crippen LogP) is 4.66. The summed E-state index contributed by atoms with van der Waals surface area (Å²) in [4.78, 5) is 0. The third kappa shape index (κ3) is 5.02. The molecule has 1 unspecified atom stereocenters. The summed E-state index contributed by atoms with van der Waals surface area (Å²) in [5, 5.41) is 3.62. The Kier molecular flexibility index (Phi) is 6.07. The van der Waals surface area contributed by atoms with Crippen molar-refractivity contribution in [1.82, 2.24) is 5.32 Å². The van der Waals surface area contributed by atoms with Crippen LogP contribution in [0.1, 0.15) is 30.9 Å². The van der Waals surface area contributed by atoms with E-state index in [-0.39, 0.29) is 0 Å². The molecule has 1 heteroatoms. The molecule has 0 amide bonds. The number of benzene rings is 2. The van der Waals surface area contributed by atoms with Crippen molar-refractivity contribution in [2.24, 2.45) is 0 Å². The van der Waals surface area contributed by atoms with E-state index in [9.17, 15) is 0 Å². The SMILES string of the molecule is CCC(CC=Cc1ccccc1)NCc1ccccc1. The monoisotopic (exact) mass is 265 g/mol. The van der Waals surface area contributed by atoms with Crippen molar-refractivity contribution >= 4 is 6.08 Å². The minimum atomic E-state index is 0.537. The fraction of sp³-hybridized carbons (Fsp3) is 0.263. The van der Waals surface area contributed by atoms with Crippen LogP contribution in [0.4, 0.5) is 0 Å². The maximum Gasteiger partial charge on any atom is 0.0208 e. The van der Waals surface area contributed by atoms with E-state index in [1.54, 1.807) is 0 Å². The molecule has 20 heavy (non-hydrogen) atoms. The van der Waals surface area contributed by atoms with E-state index in [2.05, 4.69) is 79.0 Å². The molecular weight excluding hydrogens is 242 g/mol. The second kappa shape index (κ2) is 8.34. The number of nitrogens with one attached hydrogen (secondary N) is 1. The molecule has 104 valence electrons. The van der Waals surface area contributed by atoms with Crippen molar-refractivity contribution in [3.05, 3.63) is 77.9 Å². The van der Waals surface area contributed by atoms with Crippen LogP contribution in [0.5, 0.6) is 0 Å². The Labute approximate surface area is 122 Å². The predicted molar refractivity (Wildman–Crippen MR) is 87.5 cm³/mol. The zero-order chi connectivity index (χ0) is 14.0. The van der Waals surface area contributed by atoms with Crippen molar-refractivity contribution in [2.75, 3.05) is 0 Å². The summed E-state index contributed by atoms with van der Waals surface area (Å²) in [5.74, 6) is 0. The molecule has 0 fully saturated rings. The summed E-state index contributed by atoms with van der Waals surface area (Å²) in [6.45, 7) is 3.18. The third-order valence-corrected chi connectivity index (χ3v) is 3.46. The molecule has 0 bridgehead atoms. The number of hydrogen-bond acceptors (Lipinski definition) is 1. The van der Waals surface area contributed by atoms with E-state index in [1.165, 1.54) is 11.1 Å². The van der Waals surface area contributed by atoms with Crippen LogP contribution in [0.15, 0.2) is 66.7 Å². The second-order valence-corrected chi connectivity index (χ2v) is 5.02. The van der Waals surface area contributed by atoms with Gasteiger partial charge in [0, 0.05) is 12.6 Å². The Morgan fingerprint density at radius 1 is 0.950 bits per heavy atom. The normalized spacial score (nSPS) is 12.7. The lowest BCUT2D eigenvalue weighted by molar-refractivity contribution is 0.502. The summed E-state index contributed by atoms with van der Waals surface area (Å²) in [7, 11) is 0. The van der Waals surface area contributed by atoms with Crippen LogP contribution in [-0.2, 0) is 6.54 Å². The maximum atomic E-state index is 3.62. The Hall–Kier alpha value is -1.86. The standard InChI is InChI=1S/C19H23N/c1-2-19(20-16-18-12-7-4-8-13-18)15-9-14-17-10-5-3-6-11-17/h3-14,19-20H,2,15-16H2,1H3. The largest absolute Gasteiger partial charge is 0.310 e. The molecule has 0 saturated carbocycles. The van der Waals surface area contributed by atoms with Crippen LogP contribution in [-0.4, -0.2) is 6.04 Å². The van der Waals surface area contributed by atoms with Gasteiger partial charge >= 0.3 is 0 Å². The van der Waals surface area contributed by atoms with Gasteiger partial charge in [-0.2, -0.15) is 0 Å². The summed E-state index contributed by atoms with van der Waals surface area (Å²) in [5.41, 5.74) is 2.61. The zero-order valence-electron chi connectivity index (χ0n) is 12.1. The van der Waals surface area contributed by atoms with Gasteiger partial charge < -0.3 is 5.32 Å². The Morgan fingerprint density at radius 3 is 2.25 bits per heavy atom. The Bertz CT molecular complexity index is 502. The second-order valence-electron chi connectivity index (χ2n) is 5.02. The smallest absolute Gasteiger partial charge is 0.0208 e. The van der Waals surface area contributed by atoms with E-state index in [0.717, 1.165) is 19.4 Å². The molecular formula is C19H23N. The first-order valence-corrected chi connectivity index (χ1v) is 7.37. The molecule has 2 aromatic carbocycles. The lowest BCUT2D eigenvalue weighted by atomic mass is 10.1. The summed E-state index contributed by atoms with van der Waals surface area (Å²) in [6.07, 6.45) is 6.68. The maximum absolute atomic E-state index is 3.62. The van der Waals surface area contributed by atoms with E-state index in [0.29, 0.717) is 6.04 Å². The van der Waals surface area contributed by atoms with Gasteiger partial charge in [-0.05, 0) is 24.0 Å². The van der Waals surface area contributed by atoms with Crippen molar-refractivity contribution in [3.8, 4) is 0 Å². The molecule has 2 aromatic rings. The fourth-order valence-electron chi connectivity index (χ4n) is 2.18. The molecule has 2 rings (SSSR count). The van der Waals surface area contributed by atoms with Crippen LogP contribution in [0.25, 0.3) is 6.08 Å². The lowest BCUT2D eigenvalue weighted by Gasteiger charge is -2.15. The first-order chi connectivity index (χ1) is 9.88. The van der Waals surface area contributed by atoms with Gasteiger partial charge in [0.2, 0.25) is 0 Å². The molecule has 1 nitrogen and oxygen atoms in total. The molecule has 0 heterocycles. The van der Waals surface area contributed by atoms with E-state index >= 15 is 0 Å². The molecule has 0 saturated heterocycles. The molecule has 0 spiro atoms. The highest BCUT2D eigenvalue weighted by molar-refractivity contribution is 5.48. The van der Waals surface area contributed by atoms with Gasteiger partial charge in [-0.3, -0.25) is 0 Å². The summed E-state index contributed by atoms with van der Waals surface area (Å²) in [6, 6.07) is 21.6. The molecule has 1 atom stereocenters. The van der Waals surface area contributed by atoms with E-state index < -0.39 is 0 Å². The van der Waals surface area contributed by atoms with Gasteiger partial charge in [-0.25, -0.2) is 0 Å². The summed E-state index contributed by atoms with van der Waals surface area (Å²) >= 11 is 0. The van der Waals surface area contributed by atoms with Gasteiger partial charge in [-0.15, -0.1) is 0 Å². The van der Waals surface area contributed by atoms with Crippen LogP contribution >= 0.6 is 0 Å². The minimum absolute atomic E-state index is 0.537. The topological polar surface area (TPSA) is 12.0 Å². The van der Waals surface area contributed by atoms with Crippen molar-refractivity contribution in [3.63, 3.8) is 0 Å². The van der Waals surface area contributed by atoms with Gasteiger partial charge in [0.1, 0.15) is 0 Å². The molecule has 0 aliphatic heterocycles. The number of hydrogen-bond donors (Lipinski definition) is 1. The Balaban J connectivity index is 1.79. The molecule has 0 radical (unpaired) electrons. The van der Waals surface area contributed by atoms with Gasteiger partial charge in [0.25, 0.3) is 0 Å². The van der Waals surface area contributed by atoms with E-state index in [4.69, 9.17) is 0 Å². The fourth-order valence-corrected chi connectivity index (χ4v) is 2.18. The number of rotatable bonds is 7. The molecule has 0 aromatic heterocycles. The van der Waals surface area contributed by atoms with Crippen LogP contribution < -0.4 is 5.32 Å². The highest BCUT2D eigenvalue weighted by Crippen LogP contribution is 2.06. The van der Waals surface area contributed by atoms with Crippen LogP contribution in [0, 0.1) is 0 Å². The van der Waals surface area contributed by atoms with Crippen molar-refractivity contribution in [1.29, 1.82) is 0 Å². The summed E-state index contributed by atoms with van der Waals surface area (Å²) < 4.78 is 0. The minimum Gasteiger partial charge on any atom is -0.310 e. The van der Waals surface area contributed by atoms with Crippen molar-refractivity contribution in [2.45, 2.75) is 32.4 Å². The first kappa shape index (κ1) is 14.5. The molecule has 1 N–H and O–H groups in total. The molecule has 0 aliphatic carbocycles. The quantitative estimate of drug-likeness (QED) is 0.768. The van der Waals surface area contributed by atoms with Gasteiger partial charge in [0.15, 0.2) is 0 Å². The van der Waals surface area contributed by atoms with Crippen LogP contribution in [0.2, 0.25) is 0 Å². The zero-order valence-corrected chi connectivity index (χ0v) is 12.1. The van der Waals surface area contributed by atoms with Crippen molar-refractivity contribution < 1.29 is 0 Å². The average Bonchev–Trinajstić information content (AvgIpc) is 2.52. The lowest BCUT2D eigenvalue weighted by Crippen LogP contribution is -2.27. The highest BCUT2D eigenvalue weighted by Gasteiger charge is 2.02. The third-order valence-electron chi connectivity index (χ3n) is 3.46. The average molecular weight is 265 g/mol. The van der Waals surface area contributed by atoms with Crippen LogP contribution in [0.3, 0.4) is 0 Å². The van der Waals surface area contributed by atoms with Gasteiger partial charge in [0.05, 0.1) is 0 Å². The molecule has 0 aliphatic rings. The van der Waals surface area contributed by atoms with E-state index in [1.807, 2.05) is 6.07 Å². The Morgan fingerprint density at radius 2 is 1.60 bits per heavy atom. The highest BCUT2D eigenvalue weighted by atomic mass is 14.9. The van der Waals surface area contributed by atoms with Gasteiger partial charge in [-0.1, -0.05) is 79.7 Å².